The highest BCUT2D eigenvalue weighted by atomic mass is 127. The van der Waals surface area contributed by atoms with Crippen molar-refractivity contribution in [1.82, 2.24) is 5.32 Å². The highest BCUT2D eigenvalue weighted by Crippen LogP contribution is 2.32. The third-order valence-electron chi connectivity index (χ3n) is 2.92. The lowest BCUT2D eigenvalue weighted by molar-refractivity contribution is -0.161. The Hall–Kier alpha value is -0.820. The van der Waals surface area contributed by atoms with Gasteiger partial charge in [0.1, 0.15) is 0 Å². The maximum atomic E-state index is 11.4. The second-order valence-corrected chi connectivity index (χ2v) is 4.61. The molecule has 1 aliphatic rings. The summed E-state index contributed by atoms with van der Waals surface area (Å²) in [7, 11) is 0. The van der Waals surface area contributed by atoms with Gasteiger partial charge in [0.2, 0.25) is 0 Å². The van der Waals surface area contributed by atoms with Crippen LogP contribution in [0.2, 0.25) is 0 Å². The standard InChI is InChI=1S/C11H13IN2O2/c1-7-11(16,10(15)14-7)8-2-4-9(5-3-8)13-6-12/h2-5,7,13,16H,6H2,1H3,(H,14,15). The number of carbonyl (C=O) groups excluding carboxylic acids is 1. The summed E-state index contributed by atoms with van der Waals surface area (Å²) in [6.45, 7) is 1.79. The molecule has 1 amide bonds. The molecule has 2 unspecified atom stereocenters. The molecule has 5 heteroatoms. The predicted octanol–water partition coefficient (Wildman–Crippen LogP) is 1.20. The molecule has 0 radical (unpaired) electrons. The fourth-order valence-corrected chi connectivity index (χ4v) is 2.27. The van der Waals surface area contributed by atoms with Gasteiger partial charge in [0.25, 0.3) is 5.91 Å². The average molecular weight is 332 g/mol. The minimum Gasteiger partial charge on any atom is -0.376 e. The van der Waals surface area contributed by atoms with Crippen molar-refractivity contribution >= 4 is 34.2 Å². The summed E-state index contributed by atoms with van der Waals surface area (Å²) in [5.41, 5.74) is 0.264. The molecule has 0 saturated carbocycles. The summed E-state index contributed by atoms with van der Waals surface area (Å²) in [5, 5.41) is 16.0. The molecule has 1 aromatic rings. The van der Waals surface area contributed by atoms with Gasteiger partial charge >= 0.3 is 0 Å². The molecule has 2 rings (SSSR count). The van der Waals surface area contributed by atoms with E-state index in [-0.39, 0.29) is 11.9 Å². The lowest BCUT2D eigenvalue weighted by Crippen LogP contribution is -2.68. The Morgan fingerprint density at radius 2 is 2.12 bits per heavy atom. The lowest BCUT2D eigenvalue weighted by atomic mass is 9.80. The lowest BCUT2D eigenvalue weighted by Gasteiger charge is -2.42. The second-order valence-electron chi connectivity index (χ2n) is 3.85. The van der Waals surface area contributed by atoms with Crippen LogP contribution in [0.1, 0.15) is 12.5 Å². The molecule has 16 heavy (non-hydrogen) atoms. The number of rotatable bonds is 3. The van der Waals surface area contributed by atoms with Crippen LogP contribution in [0, 0.1) is 0 Å². The van der Waals surface area contributed by atoms with Crippen LogP contribution in [0.4, 0.5) is 5.69 Å². The van der Waals surface area contributed by atoms with E-state index in [1.807, 2.05) is 12.1 Å². The number of nitrogens with one attached hydrogen (secondary N) is 2. The Morgan fingerprint density at radius 3 is 2.56 bits per heavy atom. The van der Waals surface area contributed by atoms with Crippen LogP contribution in [0.15, 0.2) is 24.3 Å². The molecule has 0 bridgehead atoms. The number of β-lactam (4-membered cyclic amide) rings is 1. The fraction of sp³-hybridized carbons (Fsp3) is 0.364. The quantitative estimate of drug-likeness (QED) is 0.337. The first-order chi connectivity index (χ1) is 7.59. The molecule has 1 heterocycles. The molecule has 1 aliphatic heterocycles. The number of amides is 1. The number of carbonyl (C=O) groups is 1. The molecule has 4 nitrogen and oxygen atoms in total. The second kappa shape index (κ2) is 4.21. The normalized spacial score (nSPS) is 28.2. The van der Waals surface area contributed by atoms with E-state index in [0.29, 0.717) is 5.56 Å². The van der Waals surface area contributed by atoms with Gasteiger partial charge in [0, 0.05) is 5.69 Å². The van der Waals surface area contributed by atoms with Crippen molar-refractivity contribution in [3.63, 3.8) is 0 Å². The SMILES string of the molecule is CC1NC(=O)C1(O)c1ccc(NCI)cc1. The van der Waals surface area contributed by atoms with Gasteiger partial charge in [-0.05, 0) is 24.6 Å². The zero-order valence-corrected chi connectivity index (χ0v) is 11.0. The molecule has 1 aromatic carbocycles. The molecule has 0 aliphatic carbocycles. The average Bonchev–Trinajstić information content (AvgIpc) is 2.30. The molecule has 0 aromatic heterocycles. The highest BCUT2D eigenvalue weighted by molar-refractivity contribution is 14.1. The van der Waals surface area contributed by atoms with Gasteiger partial charge in [-0.1, -0.05) is 34.7 Å². The fourth-order valence-electron chi connectivity index (χ4n) is 1.83. The molecule has 1 saturated heterocycles. The van der Waals surface area contributed by atoms with Crippen molar-refractivity contribution in [2.45, 2.75) is 18.6 Å². The zero-order chi connectivity index (χ0) is 11.8. The van der Waals surface area contributed by atoms with Gasteiger partial charge in [-0.3, -0.25) is 4.79 Å². The van der Waals surface area contributed by atoms with Crippen LogP contribution >= 0.6 is 22.6 Å². The van der Waals surface area contributed by atoms with Gasteiger partial charge in [-0.2, -0.15) is 0 Å². The van der Waals surface area contributed by atoms with Crippen molar-refractivity contribution < 1.29 is 9.90 Å². The van der Waals surface area contributed by atoms with Gasteiger partial charge in [-0.15, -0.1) is 0 Å². The summed E-state index contributed by atoms with van der Waals surface area (Å²) < 4.78 is 0.818. The van der Waals surface area contributed by atoms with Crippen molar-refractivity contribution in [1.29, 1.82) is 0 Å². The number of aliphatic hydroxyl groups is 1. The summed E-state index contributed by atoms with van der Waals surface area (Å²) in [6, 6.07) is 7.06. The van der Waals surface area contributed by atoms with Crippen LogP contribution < -0.4 is 10.6 Å². The third-order valence-corrected chi connectivity index (χ3v) is 3.30. The van der Waals surface area contributed by atoms with Crippen molar-refractivity contribution in [3.8, 4) is 0 Å². The Bertz CT molecular complexity index is 407. The van der Waals surface area contributed by atoms with Crippen LogP contribution in [0.5, 0.6) is 0 Å². The van der Waals surface area contributed by atoms with Crippen LogP contribution in [-0.4, -0.2) is 21.6 Å². The molecular weight excluding hydrogens is 319 g/mol. The van der Waals surface area contributed by atoms with Crippen LogP contribution in [0.25, 0.3) is 0 Å². The van der Waals surface area contributed by atoms with E-state index in [1.165, 1.54) is 0 Å². The molecular formula is C11H13IN2O2. The van der Waals surface area contributed by atoms with Crippen molar-refractivity contribution in [2.24, 2.45) is 0 Å². The summed E-state index contributed by atoms with van der Waals surface area (Å²) in [4.78, 5) is 11.4. The van der Waals surface area contributed by atoms with E-state index in [2.05, 4.69) is 33.2 Å². The number of alkyl halides is 1. The van der Waals surface area contributed by atoms with Gasteiger partial charge in [0.15, 0.2) is 5.60 Å². The first kappa shape index (κ1) is 11.7. The Morgan fingerprint density at radius 1 is 1.50 bits per heavy atom. The molecule has 2 atom stereocenters. The zero-order valence-electron chi connectivity index (χ0n) is 8.83. The first-order valence-electron chi connectivity index (χ1n) is 5.02. The number of benzene rings is 1. The number of hydrogen-bond donors (Lipinski definition) is 3. The monoisotopic (exact) mass is 332 g/mol. The predicted molar refractivity (Wildman–Crippen MR) is 70.5 cm³/mol. The van der Waals surface area contributed by atoms with Gasteiger partial charge in [-0.25, -0.2) is 0 Å². The van der Waals surface area contributed by atoms with Crippen molar-refractivity contribution in [2.75, 3.05) is 9.87 Å². The molecule has 1 fully saturated rings. The Kier molecular flexibility index (Phi) is 3.07. The summed E-state index contributed by atoms with van der Waals surface area (Å²) >= 11 is 2.22. The van der Waals surface area contributed by atoms with Crippen molar-refractivity contribution in [3.05, 3.63) is 29.8 Å². The van der Waals surface area contributed by atoms with E-state index in [1.54, 1.807) is 19.1 Å². The summed E-state index contributed by atoms with van der Waals surface area (Å²) in [5.74, 6) is -0.324. The molecule has 0 spiro atoms. The maximum absolute atomic E-state index is 11.4. The van der Waals surface area contributed by atoms with Gasteiger partial charge < -0.3 is 15.7 Å². The first-order valence-corrected chi connectivity index (χ1v) is 6.55. The number of halogens is 1. The Balaban J connectivity index is 2.24. The number of anilines is 1. The van der Waals surface area contributed by atoms with Gasteiger partial charge in [0.05, 0.1) is 10.6 Å². The van der Waals surface area contributed by atoms with E-state index in [0.717, 1.165) is 10.2 Å². The van der Waals surface area contributed by atoms with Crippen LogP contribution in [-0.2, 0) is 10.4 Å². The van der Waals surface area contributed by atoms with Crippen LogP contribution in [0.3, 0.4) is 0 Å². The van der Waals surface area contributed by atoms with E-state index in [4.69, 9.17) is 0 Å². The largest absolute Gasteiger partial charge is 0.376 e. The topological polar surface area (TPSA) is 61.4 Å². The highest BCUT2D eigenvalue weighted by Gasteiger charge is 2.52. The smallest absolute Gasteiger partial charge is 0.259 e. The molecule has 86 valence electrons. The Labute approximate surface area is 108 Å². The van der Waals surface area contributed by atoms with E-state index < -0.39 is 5.60 Å². The van der Waals surface area contributed by atoms with E-state index >= 15 is 0 Å². The molecule has 3 N–H and O–H groups in total. The minimum absolute atomic E-state index is 0.233. The summed E-state index contributed by atoms with van der Waals surface area (Å²) in [6.07, 6.45) is 0. The third kappa shape index (κ3) is 1.67. The number of hydrogen-bond acceptors (Lipinski definition) is 3. The minimum atomic E-state index is -1.36. The maximum Gasteiger partial charge on any atom is 0.259 e. The van der Waals surface area contributed by atoms with E-state index in [9.17, 15) is 9.90 Å².